The van der Waals surface area contributed by atoms with Gasteiger partial charge in [0.25, 0.3) is 0 Å². The van der Waals surface area contributed by atoms with Crippen LogP contribution in [-0.4, -0.2) is 25.4 Å². The largest absolute Gasteiger partial charge is 0.497 e. The fourth-order valence-electron chi connectivity index (χ4n) is 2.99. The first-order valence-corrected chi connectivity index (χ1v) is 6.75. The highest BCUT2D eigenvalue weighted by atomic mass is 16.5. The number of hydrogen-bond acceptors (Lipinski definition) is 3. The Bertz CT molecular complexity index is 381. The van der Waals surface area contributed by atoms with Crippen molar-refractivity contribution in [3.8, 4) is 5.75 Å². The van der Waals surface area contributed by atoms with Crippen molar-refractivity contribution in [2.24, 2.45) is 5.92 Å². The Balaban J connectivity index is 2.20. The summed E-state index contributed by atoms with van der Waals surface area (Å²) in [5.41, 5.74) is 1.20. The molecule has 18 heavy (non-hydrogen) atoms. The monoisotopic (exact) mass is 249 g/mol. The molecule has 1 aliphatic carbocycles. The number of benzene rings is 1. The van der Waals surface area contributed by atoms with Gasteiger partial charge in [-0.2, -0.15) is 0 Å². The lowest BCUT2D eigenvalue weighted by molar-refractivity contribution is 0.0494. The van der Waals surface area contributed by atoms with E-state index in [1.54, 1.807) is 7.11 Å². The summed E-state index contributed by atoms with van der Waals surface area (Å²) in [4.78, 5) is 0. The molecule has 3 atom stereocenters. The van der Waals surface area contributed by atoms with Crippen LogP contribution in [0.25, 0.3) is 0 Å². The molecular formula is C15H23NO2. The summed E-state index contributed by atoms with van der Waals surface area (Å²) in [6.45, 7) is 0. The standard InChI is InChI=1S/C15H23NO2/c1-16-15(13-8-3-4-9-14(13)17)11-6-5-7-12(10-11)18-2/h5-7,10,13-17H,3-4,8-9H2,1-2H3/t13-,14-,15?/m1/s1. The van der Waals surface area contributed by atoms with Gasteiger partial charge in [-0.05, 0) is 37.6 Å². The van der Waals surface area contributed by atoms with E-state index in [-0.39, 0.29) is 12.1 Å². The van der Waals surface area contributed by atoms with Crippen LogP contribution in [0.4, 0.5) is 0 Å². The van der Waals surface area contributed by atoms with E-state index < -0.39 is 0 Å². The minimum atomic E-state index is -0.192. The van der Waals surface area contributed by atoms with Gasteiger partial charge in [-0.3, -0.25) is 0 Å². The van der Waals surface area contributed by atoms with Gasteiger partial charge in [0.05, 0.1) is 13.2 Å². The van der Waals surface area contributed by atoms with Crippen molar-refractivity contribution in [1.82, 2.24) is 5.32 Å². The van der Waals surface area contributed by atoms with Gasteiger partial charge >= 0.3 is 0 Å². The highest BCUT2D eigenvalue weighted by Crippen LogP contribution is 2.35. The number of hydrogen-bond donors (Lipinski definition) is 2. The van der Waals surface area contributed by atoms with Gasteiger partial charge in [-0.1, -0.05) is 25.0 Å². The number of nitrogens with one attached hydrogen (secondary N) is 1. The minimum absolute atomic E-state index is 0.192. The normalized spacial score (nSPS) is 25.7. The molecule has 0 radical (unpaired) electrons. The second-order valence-corrected chi connectivity index (χ2v) is 5.06. The molecule has 3 heteroatoms. The second kappa shape index (κ2) is 6.21. The van der Waals surface area contributed by atoms with Crippen LogP contribution in [0, 0.1) is 5.92 Å². The molecule has 100 valence electrons. The molecule has 2 rings (SSSR count). The van der Waals surface area contributed by atoms with Crippen LogP contribution in [0.1, 0.15) is 37.3 Å². The van der Waals surface area contributed by atoms with Crippen molar-refractivity contribution >= 4 is 0 Å². The van der Waals surface area contributed by atoms with Crippen molar-refractivity contribution in [2.45, 2.75) is 37.8 Å². The highest BCUT2D eigenvalue weighted by Gasteiger charge is 2.30. The lowest BCUT2D eigenvalue weighted by Gasteiger charge is -2.34. The molecule has 1 aliphatic rings. The summed E-state index contributed by atoms with van der Waals surface area (Å²) < 4.78 is 5.27. The number of aliphatic hydroxyl groups excluding tert-OH is 1. The van der Waals surface area contributed by atoms with Crippen molar-refractivity contribution in [3.05, 3.63) is 29.8 Å². The molecule has 3 nitrogen and oxygen atoms in total. The molecule has 1 unspecified atom stereocenters. The Kier molecular flexibility index (Phi) is 4.61. The van der Waals surface area contributed by atoms with E-state index in [4.69, 9.17) is 4.74 Å². The predicted octanol–water partition coefficient (Wildman–Crippen LogP) is 2.51. The summed E-state index contributed by atoms with van der Waals surface area (Å²) in [6, 6.07) is 8.32. The summed E-state index contributed by atoms with van der Waals surface area (Å²) in [7, 11) is 3.65. The molecule has 0 amide bonds. The fourth-order valence-corrected chi connectivity index (χ4v) is 2.99. The molecule has 0 spiro atoms. The van der Waals surface area contributed by atoms with E-state index in [0.717, 1.165) is 25.0 Å². The third-order valence-corrected chi connectivity index (χ3v) is 3.97. The van der Waals surface area contributed by atoms with Gasteiger partial charge in [-0.15, -0.1) is 0 Å². The Morgan fingerprint density at radius 1 is 1.33 bits per heavy atom. The Hall–Kier alpha value is -1.06. The number of aliphatic hydroxyl groups is 1. The molecule has 1 aromatic rings. The van der Waals surface area contributed by atoms with Gasteiger partial charge in [0.15, 0.2) is 0 Å². The zero-order valence-electron chi connectivity index (χ0n) is 11.2. The van der Waals surface area contributed by atoms with E-state index in [2.05, 4.69) is 17.4 Å². The maximum atomic E-state index is 10.2. The molecule has 0 heterocycles. The number of methoxy groups -OCH3 is 1. The smallest absolute Gasteiger partial charge is 0.119 e. The van der Waals surface area contributed by atoms with Crippen molar-refractivity contribution in [1.29, 1.82) is 0 Å². The van der Waals surface area contributed by atoms with Crippen molar-refractivity contribution in [3.63, 3.8) is 0 Å². The summed E-state index contributed by atoms with van der Waals surface area (Å²) in [6.07, 6.45) is 4.18. The van der Waals surface area contributed by atoms with Crippen LogP contribution in [0.15, 0.2) is 24.3 Å². The second-order valence-electron chi connectivity index (χ2n) is 5.06. The lowest BCUT2D eigenvalue weighted by atomic mass is 9.79. The molecule has 0 aliphatic heterocycles. The molecular weight excluding hydrogens is 226 g/mol. The molecule has 2 N–H and O–H groups in total. The molecule has 0 bridgehead atoms. The van der Waals surface area contributed by atoms with E-state index in [9.17, 15) is 5.11 Å². The van der Waals surface area contributed by atoms with Gasteiger partial charge < -0.3 is 15.2 Å². The summed E-state index contributed by atoms with van der Waals surface area (Å²) >= 11 is 0. The van der Waals surface area contributed by atoms with Crippen LogP contribution in [0.3, 0.4) is 0 Å². The van der Waals surface area contributed by atoms with E-state index in [1.165, 1.54) is 12.0 Å². The molecule has 1 saturated carbocycles. The Morgan fingerprint density at radius 3 is 2.78 bits per heavy atom. The average Bonchev–Trinajstić information content (AvgIpc) is 2.42. The van der Waals surface area contributed by atoms with Crippen LogP contribution >= 0.6 is 0 Å². The third-order valence-electron chi connectivity index (χ3n) is 3.97. The van der Waals surface area contributed by atoms with Crippen LogP contribution in [-0.2, 0) is 0 Å². The van der Waals surface area contributed by atoms with Crippen LogP contribution < -0.4 is 10.1 Å². The average molecular weight is 249 g/mol. The summed E-state index contributed by atoms with van der Waals surface area (Å²) in [5.74, 6) is 1.17. The van der Waals surface area contributed by atoms with E-state index in [1.807, 2.05) is 19.2 Å². The Morgan fingerprint density at radius 2 is 2.11 bits per heavy atom. The van der Waals surface area contributed by atoms with E-state index >= 15 is 0 Å². The van der Waals surface area contributed by atoms with Gasteiger partial charge in [0, 0.05) is 12.0 Å². The van der Waals surface area contributed by atoms with Gasteiger partial charge in [0.2, 0.25) is 0 Å². The SMILES string of the molecule is CNC(c1cccc(OC)c1)[C@@H]1CCCC[C@H]1O. The van der Waals surface area contributed by atoms with Gasteiger partial charge in [-0.25, -0.2) is 0 Å². The number of ether oxygens (including phenoxy) is 1. The first kappa shape index (κ1) is 13.4. The lowest BCUT2D eigenvalue weighted by Crippen LogP contribution is -2.35. The van der Waals surface area contributed by atoms with E-state index in [0.29, 0.717) is 5.92 Å². The first-order valence-electron chi connectivity index (χ1n) is 6.75. The number of rotatable bonds is 4. The molecule has 1 aromatic carbocycles. The van der Waals surface area contributed by atoms with Gasteiger partial charge in [0.1, 0.15) is 5.75 Å². The zero-order valence-corrected chi connectivity index (χ0v) is 11.2. The highest BCUT2D eigenvalue weighted by molar-refractivity contribution is 5.31. The topological polar surface area (TPSA) is 41.5 Å². The van der Waals surface area contributed by atoms with Crippen molar-refractivity contribution in [2.75, 3.05) is 14.2 Å². The maximum absolute atomic E-state index is 10.2. The molecule has 0 aromatic heterocycles. The predicted molar refractivity (Wildman–Crippen MR) is 72.8 cm³/mol. The molecule has 1 fully saturated rings. The maximum Gasteiger partial charge on any atom is 0.119 e. The van der Waals surface area contributed by atoms with Crippen LogP contribution in [0.5, 0.6) is 5.75 Å². The van der Waals surface area contributed by atoms with Crippen LogP contribution in [0.2, 0.25) is 0 Å². The Labute approximate surface area is 109 Å². The minimum Gasteiger partial charge on any atom is -0.497 e. The third kappa shape index (κ3) is 2.85. The zero-order chi connectivity index (χ0) is 13.0. The summed E-state index contributed by atoms with van der Waals surface area (Å²) in [5, 5.41) is 13.5. The quantitative estimate of drug-likeness (QED) is 0.861. The first-order chi connectivity index (χ1) is 8.76. The fraction of sp³-hybridized carbons (Fsp3) is 0.600. The van der Waals surface area contributed by atoms with Crippen molar-refractivity contribution < 1.29 is 9.84 Å². The molecule has 0 saturated heterocycles.